The number of fused-ring (bicyclic) bond motifs is 2. The van der Waals surface area contributed by atoms with Gasteiger partial charge in [-0.05, 0) is 25.2 Å². The number of ether oxygens (including phenoxy) is 2. The minimum absolute atomic E-state index is 0.114. The number of nitrogens with zero attached hydrogens (tertiary/aromatic N) is 2. The van der Waals surface area contributed by atoms with Crippen LogP contribution in [0.1, 0.15) is 12.7 Å². The lowest BCUT2D eigenvalue weighted by atomic mass is 10.1. The van der Waals surface area contributed by atoms with E-state index < -0.39 is 0 Å². The van der Waals surface area contributed by atoms with Crippen LogP contribution >= 0.6 is 12.2 Å². The summed E-state index contributed by atoms with van der Waals surface area (Å²) in [5.74, 6) is 0.874. The lowest BCUT2D eigenvalue weighted by Gasteiger charge is -2.13. The molecule has 0 unspecified atom stereocenters. The van der Waals surface area contributed by atoms with Crippen LogP contribution in [-0.4, -0.2) is 37.1 Å². The molecular weight excluding hydrogens is 358 g/mol. The van der Waals surface area contributed by atoms with E-state index in [9.17, 15) is 4.79 Å². The molecule has 1 aromatic carbocycles. The molecule has 0 amide bonds. The summed E-state index contributed by atoms with van der Waals surface area (Å²) < 4.78 is 22.1. The molecule has 0 aliphatic heterocycles. The van der Waals surface area contributed by atoms with Crippen molar-refractivity contribution in [1.29, 1.82) is 0 Å². The van der Waals surface area contributed by atoms with Crippen molar-refractivity contribution in [2.75, 3.05) is 20.8 Å². The Morgan fingerprint density at radius 1 is 1.35 bits per heavy atom. The standard InChI is InChI=1S/C17H17N3O5S/c1-4-20(17(18)26)19-8-9-7-11(21)12-13(22-2)10-5-6-24-14(10)16(23-3)15(12)25-9/h5-8H,4H2,1-3H3,(H2,18,26)/b19-8+. The summed E-state index contributed by atoms with van der Waals surface area (Å²) >= 11 is 4.90. The number of hydrazone groups is 1. The van der Waals surface area contributed by atoms with Gasteiger partial charge in [0.25, 0.3) is 0 Å². The predicted molar refractivity (Wildman–Crippen MR) is 102 cm³/mol. The van der Waals surface area contributed by atoms with E-state index in [1.807, 2.05) is 6.92 Å². The molecule has 0 atom stereocenters. The van der Waals surface area contributed by atoms with E-state index in [0.29, 0.717) is 29.0 Å². The van der Waals surface area contributed by atoms with Crippen LogP contribution in [0, 0.1) is 0 Å². The average molecular weight is 375 g/mol. The van der Waals surface area contributed by atoms with Crippen LogP contribution < -0.4 is 20.6 Å². The fourth-order valence-corrected chi connectivity index (χ4v) is 2.85. The van der Waals surface area contributed by atoms with Gasteiger partial charge in [0.15, 0.2) is 27.5 Å². The first-order valence-corrected chi connectivity index (χ1v) is 8.12. The number of nitrogens with two attached hydrogens (primary N) is 1. The van der Waals surface area contributed by atoms with Gasteiger partial charge >= 0.3 is 0 Å². The first-order valence-electron chi connectivity index (χ1n) is 7.71. The molecule has 0 spiro atoms. The minimum atomic E-state index is -0.302. The van der Waals surface area contributed by atoms with Gasteiger partial charge in [-0.1, -0.05) is 0 Å². The molecule has 3 aromatic rings. The van der Waals surface area contributed by atoms with Crippen molar-refractivity contribution in [3.8, 4) is 11.5 Å². The number of methoxy groups -OCH3 is 2. The summed E-state index contributed by atoms with van der Waals surface area (Å²) in [6.45, 7) is 2.32. The van der Waals surface area contributed by atoms with Crippen LogP contribution in [0.25, 0.3) is 21.9 Å². The van der Waals surface area contributed by atoms with Crippen molar-refractivity contribution < 1.29 is 18.3 Å². The molecular formula is C17H17N3O5S. The molecule has 0 fully saturated rings. The van der Waals surface area contributed by atoms with Gasteiger partial charge in [0.1, 0.15) is 11.1 Å². The largest absolute Gasteiger partial charge is 0.495 e. The molecule has 0 aliphatic carbocycles. The Hall–Kier alpha value is -3.07. The monoisotopic (exact) mass is 375 g/mol. The third-order valence-electron chi connectivity index (χ3n) is 3.80. The fourth-order valence-electron chi connectivity index (χ4n) is 2.67. The maximum atomic E-state index is 12.7. The van der Waals surface area contributed by atoms with E-state index in [2.05, 4.69) is 5.10 Å². The first kappa shape index (κ1) is 17.7. The summed E-state index contributed by atoms with van der Waals surface area (Å²) in [5, 5.41) is 6.52. The molecule has 0 saturated carbocycles. The van der Waals surface area contributed by atoms with Gasteiger partial charge in [-0.3, -0.25) is 4.79 Å². The molecule has 3 rings (SSSR count). The molecule has 2 heterocycles. The lowest BCUT2D eigenvalue weighted by Crippen LogP contribution is -2.30. The van der Waals surface area contributed by atoms with Gasteiger partial charge in [0.2, 0.25) is 5.75 Å². The number of hydrogen-bond acceptors (Lipinski definition) is 7. The molecule has 8 nitrogen and oxygen atoms in total. The highest BCUT2D eigenvalue weighted by atomic mass is 32.1. The van der Waals surface area contributed by atoms with Crippen molar-refractivity contribution in [1.82, 2.24) is 5.01 Å². The van der Waals surface area contributed by atoms with Crippen LogP contribution in [0.15, 0.2) is 37.1 Å². The van der Waals surface area contributed by atoms with Crippen molar-refractivity contribution in [2.24, 2.45) is 10.8 Å². The van der Waals surface area contributed by atoms with E-state index >= 15 is 0 Å². The zero-order valence-electron chi connectivity index (χ0n) is 14.4. The van der Waals surface area contributed by atoms with E-state index in [4.69, 9.17) is 36.3 Å². The van der Waals surface area contributed by atoms with Gasteiger partial charge in [-0.25, -0.2) is 5.01 Å². The second-order valence-electron chi connectivity index (χ2n) is 5.25. The molecule has 0 saturated heterocycles. The van der Waals surface area contributed by atoms with Crippen molar-refractivity contribution >= 4 is 45.5 Å². The summed E-state index contributed by atoms with van der Waals surface area (Å²) in [5.41, 5.74) is 5.90. The van der Waals surface area contributed by atoms with Gasteiger partial charge in [-0.15, -0.1) is 0 Å². The molecule has 26 heavy (non-hydrogen) atoms. The number of thiocarbonyl (C=S) groups is 1. The third kappa shape index (κ3) is 2.86. The lowest BCUT2D eigenvalue weighted by molar-refractivity contribution is 0.400. The number of rotatable bonds is 5. The molecule has 0 bridgehead atoms. The summed E-state index contributed by atoms with van der Waals surface area (Å²) in [6.07, 6.45) is 2.85. The van der Waals surface area contributed by atoms with Gasteiger partial charge < -0.3 is 24.0 Å². The molecule has 2 N–H and O–H groups in total. The Morgan fingerprint density at radius 3 is 2.69 bits per heavy atom. The van der Waals surface area contributed by atoms with Crippen molar-refractivity contribution in [3.63, 3.8) is 0 Å². The quantitative estimate of drug-likeness (QED) is 0.412. The van der Waals surface area contributed by atoms with Crippen LogP contribution in [0.4, 0.5) is 0 Å². The van der Waals surface area contributed by atoms with Crippen LogP contribution in [0.5, 0.6) is 11.5 Å². The highest BCUT2D eigenvalue weighted by Crippen LogP contribution is 2.41. The molecule has 0 aliphatic rings. The predicted octanol–water partition coefficient (Wildman–Crippen LogP) is 2.46. The summed E-state index contributed by atoms with van der Waals surface area (Å²) in [4.78, 5) is 12.7. The SMILES string of the molecule is CCN(/N=C/c1cc(=O)c2c(OC)c3ccoc3c(OC)c2o1)C(N)=S. The normalized spacial score (nSPS) is 11.3. The van der Waals surface area contributed by atoms with Crippen LogP contribution in [0.2, 0.25) is 0 Å². The van der Waals surface area contributed by atoms with Crippen LogP contribution in [0.3, 0.4) is 0 Å². The van der Waals surface area contributed by atoms with Crippen LogP contribution in [-0.2, 0) is 0 Å². The van der Waals surface area contributed by atoms with Crippen molar-refractivity contribution in [3.05, 3.63) is 34.4 Å². The smallest absolute Gasteiger partial charge is 0.206 e. The highest BCUT2D eigenvalue weighted by molar-refractivity contribution is 7.80. The average Bonchev–Trinajstić information content (AvgIpc) is 3.09. The Balaban J connectivity index is 2.28. The van der Waals surface area contributed by atoms with E-state index in [1.165, 1.54) is 37.8 Å². The molecule has 9 heteroatoms. The second kappa shape index (κ2) is 7.04. The zero-order valence-corrected chi connectivity index (χ0v) is 15.3. The molecule has 136 valence electrons. The summed E-state index contributed by atoms with van der Waals surface area (Å²) in [7, 11) is 2.94. The Bertz CT molecular complexity index is 1070. The molecule has 0 radical (unpaired) electrons. The molecule has 2 aromatic heterocycles. The first-order chi connectivity index (χ1) is 12.5. The number of hydrogen-bond donors (Lipinski definition) is 1. The highest BCUT2D eigenvalue weighted by Gasteiger charge is 2.22. The van der Waals surface area contributed by atoms with Crippen molar-refractivity contribution in [2.45, 2.75) is 6.92 Å². The van der Waals surface area contributed by atoms with Gasteiger partial charge in [0, 0.05) is 12.6 Å². The number of benzene rings is 1. The Morgan fingerprint density at radius 2 is 2.08 bits per heavy atom. The van der Waals surface area contributed by atoms with Gasteiger partial charge in [0.05, 0.1) is 32.1 Å². The zero-order chi connectivity index (χ0) is 18.8. The maximum absolute atomic E-state index is 12.7. The maximum Gasteiger partial charge on any atom is 0.206 e. The topological polar surface area (TPSA) is 103 Å². The van der Waals surface area contributed by atoms with Gasteiger partial charge in [-0.2, -0.15) is 5.10 Å². The summed E-state index contributed by atoms with van der Waals surface area (Å²) in [6, 6.07) is 3.01. The fraction of sp³-hybridized carbons (Fsp3) is 0.235. The third-order valence-corrected chi connectivity index (χ3v) is 4.01. The van der Waals surface area contributed by atoms with E-state index in [1.54, 1.807) is 6.07 Å². The Kier molecular flexibility index (Phi) is 4.81. The minimum Gasteiger partial charge on any atom is -0.495 e. The number of furan rings is 1. The Labute approximate surface area is 153 Å². The van der Waals surface area contributed by atoms with E-state index in [-0.39, 0.29) is 27.3 Å². The second-order valence-corrected chi connectivity index (χ2v) is 5.66. The van der Waals surface area contributed by atoms with E-state index in [0.717, 1.165) is 0 Å².